The van der Waals surface area contributed by atoms with E-state index in [1.54, 1.807) is 0 Å². The van der Waals surface area contributed by atoms with Gasteiger partial charge in [0, 0.05) is 5.92 Å². The highest BCUT2D eigenvalue weighted by atomic mass is 19.4. The Kier molecular flexibility index (Phi) is 11.2. The minimum absolute atomic E-state index is 0.0617. The van der Waals surface area contributed by atoms with E-state index in [9.17, 15) is 18.0 Å². The Hall–Kier alpha value is -1.27. The summed E-state index contributed by atoms with van der Waals surface area (Å²) in [6.45, 7) is 4.11. The monoisotopic (exact) mass is 285 g/mol. The van der Waals surface area contributed by atoms with Crippen LogP contribution in [-0.2, 0) is 9.59 Å². The van der Waals surface area contributed by atoms with Gasteiger partial charge in [0.2, 0.25) is 5.91 Å². The maximum absolute atomic E-state index is 10.6. The van der Waals surface area contributed by atoms with Gasteiger partial charge in [-0.25, -0.2) is 4.79 Å². The molecule has 0 aliphatic carbocycles. The topological polar surface area (TPSA) is 80.4 Å². The average Bonchev–Trinajstić information content (AvgIpc) is 2.27. The molecule has 1 atom stereocenters. The Labute approximate surface area is 111 Å². The van der Waals surface area contributed by atoms with Gasteiger partial charge in [-0.15, -0.1) is 0 Å². The van der Waals surface area contributed by atoms with E-state index in [0.29, 0.717) is 0 Å². The van der Waals surface area contributed by atoms with Crippen LogP contribution in [0.4, 0.5) is 13.2 Å². The summed E-state index contributed by atoms with van der Waals surface area (Å²) in [5, 5.41) is 7.12. The van der Waals surface area contributed by atoms with E-state index >= 15 is 0 Å². The smallest absolute Gasteiger partial charge is 0.475 e. The zero-order valence-corrected chi connectivity index (χ0v) is 11.3. The Morgan fingerprint density at radius 2 is 1.58 bits per heavy atom. The van der Waals surface area contributed by atoms with E-state index in [1.165, 1.54) is 25.7 Å². The summed E-state index contributed by atoms with van der Waals surface area (Å²) in [4.78, 5) is 19.5. The van der Waals surface area contributed by atoms with Crippen molar-refractivity contribution < 1.29 is 27.9 Å². The van der Waals surface area contributed by atoms with Gasteiger partial charge in [-0.2, -0.15) is 13.2 Å². The van der Waals surface area contributed by atoms with E-state index in [1.807, 2.05) is 6.92 Å². The van der Waals surface area contributed by atoms with Crippen molar-refractivity contribution in [3.63, 3.8) is 0 Å². The van der Waals surface area contributed by atoms with Crippen LogP contribution in [-0.4, -0.2) is 23.2 Å². The molecule has 0 radical (unpaired) electrons. The van der Waals surface area contributed by atoms with Crippen molar-refractivity contribution in [1.82, 2.24) is 0 Å². The number of carbonyl (C=O) groups is 2. The average molecular weight is 285 g/mol. The molecule has 0 rings (SSSR count). The van der Waals surface area contributed by atoms with Gasteiger partial charge < -0.3 is 10.8 Å². The summed E-state index contributed by atoms with van der Waals surface area (Å²) >= 11 is 0. The van der Waals surface area contributed by atoms with Gasteiger partial charge in [0.15, 0.2) is 0 Å². The van der Waals surface area contributed by atoms with Crippen LogP contribution in [0, 0.1) is 5.92 Å². The Morgan fingerprint density at radius 1 is 1.16 bits per heavy atom. The molecule has 0 heterocycles. The predicted molar refractivity (Wildman–Crippen MR) is 65.4 cm³/mol. The van der Waals surface area contributed by atoms with Gasteiger partial charge in [0.1, 0.15) is 0 Å². The zero-order valence-electron chi connectivity index (χ0n) is 11.3. The van der Waals surface area contributed by atoms with Crippen molar-refractivity contribution in [2.45, 2.75) is 58.5 Å². The van der Waals surface area contributed by atoms with Crippen molar-refractivity contribution in [1.29, 1.82) is 0 Å². The molecule has 0 aliphatic heterocycles. The molecule has 114 valence electrons. The lowest BCUT2D eigenvalue weighted by Gasteiger charge is -2.05. The number of rotatable bonds is 7. The minimum Gasteiger partial charge on any atom is -0.475 e. The van der Waals surface area contributed by atoms with Gasteiger partial charge in [-0.05, 0) is 6.42 Å². The highest BCUT2D eigenvalue weighted by Crippen LogP contribution is 2.13. The van der Waals surface area contributed by atoms with Gasteiger partial charge in [0.25, 0.3) is 0 Å². The van der Waals surface area contributed by atoms with Crippen LogP contribution in [0.1, 0.15) is 52.4 Å². The van der Waals surface area contributed by atoms with Crippen molar-refractivity contribution >= 4 is 11.9 Å². The normalized spacial score (nSPS) is 12.3. The molecule has 0 spiro atoms. The Morgan fingerprint density at radius 3 is 1.89 bits per heavy atom. The molecule has 0 aromatic rings. The summed E-state index contributed by atoms with van der Waals surface area (Å²) < 4.78 is 31.7. The van der Waals surface area contributed by atoms with E-state index in [2.05, 4.69) is 6.92 Å². The summed E-state index contributed by atoms with van der Waals surface area (Å²) in [5.41, 5.74) is 5.14. The zero-order chi connectivity index (χ0) is 15.5. The fourth-order valence-corrected chi connectivity index (χ4v) is 1.20. The molecule has 0 aromatic heterocycles. The second-order valence-corrected chi connectivity index (χ2v) is 4.31. The van der Waals surface area contributed by atoms with Crippen molar-refractivity contribution in [3.8, 4) is 0 Å². The number of primary amides is 1. The van der Waals surface area contributed by atoms with Crippen LogP contribution in [0.25, 0.3) is 0 Å². The lowest BCUT2D eigenvalue weighted by Crippen LogP contribution is -2.21. The molecule has 0 saturated carbocycles. The standard InChI is InChI=1S/C10H21NO.C2HF3O2/c1-3-4-5-6-7-8-9(2)10(11)12;3-2(4,5)1(6)7/h9H,3-8H2,1-2H3,(H2,11,12);(H,6,7). The van der Waals surface area contributed by atoms with Gasteiger partial charge in [-0.3, -0.25) is 4.79 Å². The molecule has 7 heteroatoms. The van der Waals surface area contributed by atoms with Gasteiger partial charge in [0.05, 0.1) is 0 Å². The number of carboxylic acids is 1. The minimum atomic E-state index is -5.08. The molecule has 3 N–H and O–H groups in total. The van der Waals surface area contributed by atoms with Crippen LogP contribution >= 0.6 is 0 Å². The second-order valence-electron chi connectivity index (χ2n) is 4.31. The number of aliphatic carboxylic acids is 1. The number of nitrogens with two attached hydrogens (primary N) is 1. The van der Waals surface area contributed by atoms with Crippen molar-refractivity contribution in [3.05, 3.63) is 0 Å². The third kappa shape index (κ3) is 14.7. The fourth-order valence-electron chi connectivity index (χ4n) is 1.20. The number of hydrogen-bond donors (Lipinski definition) is 2. The summed E-state index contributed by atoms with van der Waals surface area (Å²) in [6, 6.07) is 0. The predicted octanol–water partition coefficient (Wildman–Crippen LogP) is 3.10. The highest BCUT2D eigenvalue weighted by molar-refractivity contribution is 5.76. The molecule has 0 aromatic carbocycles. The molecule has 1 unspecified atom stereocenters. The number of alkyl halides is 3. The quantitative estimate of drug-likeness (QED) is 0.705. The first kappa shape index (κ1) is 20.1. The number of amides is 1. The SMILES string of the molecule is CCCCCCCC(C)C(N)=O.O=C(O)C(F)(F)F. The third-order valence-electron chi connectivity index (χ3n) is 2.47. The van der Waals surface area contributed by atoms with E-state index in [0.717, 1.165) is 12.8 Å². The number of halogens is 3. The molecule has 0 aliphatic rings. The molecule has 0 fully saturated rings. The first-order chi connectivity index (χ1) is 8.62. The molecule has 1 amide bonds. The second kappa shape index (κ2) is 10.6. The van der Waals surface area contributed by atoms with E-state index in [4.69, 9.17) is 15.6 Å². The van der Waals surface area contributed by atoms with Crippen LogP contribution in [0.3, 0.4) is 0 Å². The number of unbranched alkanes of at least 4 members (excludes halogenated alkanes) is 4. The number of carbonyl (C=O) groups excluding carboxylic acids is 1. The first-order valence-electron chi connectivity index (χ1n) is 6.22. The molecule has 0 bridgehead atoms. The summed E-state index contributed by atoms with van der Waals surface area (Å²) in [7, 11) is 0. The van der Waals surface area contributed by atoms with Crippen LogP contribution in [0.2, 0.25) is 0 Å². The van der Waals surface area contributed by atoms with Crippen molar-refractivity contribution in [2.24, 2.45) is 11.7 Å². The van der Waals surface area contributed by atoms with E-state index < -0.39 is 12.1 Å². The van der Waals surface area contributed by atoms with Crippen molar-refractivity contribution in [2.75, 3.05) is 0 Å². The van der Waals surface area contributed by atoms with Crippen LogP contribution in [0.15, 0.2) is 0 Å². The maximum Gasteiger partial charge on any atom is 0.490 e. The Bertz CT molecular complexity index is 267. The Balaban J connectivity index is 0. The molecular formula is C12H22F3NO3. The van der Waals surface area contributed by atoms with E-state index in [-0.39, 0.29) is 11.8 Å². The largest absolute Gasteiger partial charge is 0.490 e. The lowest BCUT2D eigenvalue weighted by atomic mass is 10.0. The van der Waals surface area contributed by atoms with Crippen LogP contribution < -0.4 is 5.73 Å². The molecule has 19 heavy (non-hydrogen) atoms. The van der Waals surface area contributed by atoms with Gasteiger partial charge in [-0.1, -0.05) is 46.0 Å². The highest BCUT2D eigenvalue weighted by Gasteiger charge is 2.38. The third-order valence-corrected chi connectivity index (χ3v) is 2.47. The molecule has 0 saturated heterocycles. The number of hydrogen-bond acceptors (Lipinski definition) is 2. The first-order valence-corrected chi connectivity index (χ1v) is 6.22. The van der Waals surface area contributed by atoms with Gasteiger partial charge >= 0.3 is 12.1 Å². The maximum atomic E-state index is 10.6. The lowest BCUT2D eigenvalue weighted by molar-refractivity contribution is -0.192. The number of carboxylic acid groups (broad SMARTS) is 1. The molecular weight excluding hydrogens is 263 g/mol. The molecule has 4 nitrogen and oxygen atoms in total. The summed E-state index contributed by atoms with van der Waals surface area (Å²) in [5.74, 6) is -2.86. The van der Waals surface area contributed by atoms with Crippen LogP contribution in [0.5, 0.6) is 0 Å². The summed E-state index contributed by atoms with van der Waals surface area (Å²) in [6.07, 6.45) is 2.13. The fraction of sp³-hybridized carbons (Fsp3) is 0.833.